The van der Waals surface area contributed by atoms with Gasteiger partial charge in [0.15, 0.2) is 0 Å². The van der Waals surface area contributed by atoms with E-state index in [1.807, 2.05) is 18.2 Å². The third kappa shape index (κ3) is 5.20. The van der Waals surface area contributed by atoms with E-state index >= 15 is 0 Å². The number of carbonyl (C=O) groups is 3. The van der Waals surface area contributed by atoms with Crippen LogP contribution >= 0.6 is 0 Å². The van der Waals surface area contributed by atoms with E-state index in [0.717, 1.165) is 12.0 Å². The molecule has 3 amide bonds. The number of hydrogen-bond donors (Lipinski definition) is 2. The zero-order valence-corrected chi connectivity index (χ0v) is 14.7. The van der Waals surface area contributed by atoms with Gasteiger partial charge in [-0.05, 0) is 31.4 Å². The highest BCUT2D eigenvalue weighted by Gasteiger charge is 2.22. The first-order chi connectivity index (χ1) is 11.9. The second kappa shape index (κ2) is 8.50. The smallest absolute Gasteiger partial charge is 0.323 e. The maximum absolute atomic E-state index is 12.3. The molecule has 1 aromatic rings. The molecule has 7 nitrogen and oxygen atoms in total. The Labute approximate surface area is 147 Å². The van der Waals surface area contributed by atoms with Gasteiger partial charge in [0, 0.05) is 32.1 Å². The van der Waals surface area contributed by atoms with Crippen molar-refractivity contribution in [1.82, 2.24) is 15.1 Å². The van der Waals surface area contributed by atoms with Crippen molar-refractivity contribution in [2.75, 3.05) is 19.6 Å². The van der Waals surface area contributed by atoms with Crippen molar-refractivity contribution < 1.29 is 19.5 Å². The van der Waals surface area contributed by atoms with Crippen molar-refractivity contribution in [2.45, 2.75) is 39.3 Å². The Hall–Kier alpha value is -2.57. The maximum Gasteiger partial charge on any atom is 0.323 e. The van der Waals surface area contributed by atoms with E-state index < -0.39 is 5.97 Å². The van der Waals surface area contributed by atoms with E-state index in [0.29, 0.717) is 13.1 Å². The number of amides is 3. The Morgan fingerprint density at radius 1 is 1.24 bits per heavy atom. The Balaban J connectivity index is 1.80. The molecule has 0 radical (unpaired) electrons. The Morgan fingerprint density at radius 2 is 1.92 bits per heavy atom. The summed E-state index contributed by atoms with van der Waals surface area (Å²) in [5.41, 5.74) is 2.41. The van der Waals surface area contributed by atoms with Crippen LogP contribution in [-0.2, 0) is 22.6 Å². The van der Waals surface area contributed by atoms with Gasteiger partial charge in [-0.3, -0.25) is 9.59 Å². The molecular formula is C18H25N3O4. The average molecular weight is 347 g/mol. The van der Waals surface area contributed by atoms with Gasteiger partial charge in [0.25, 0.3) is 0 Å². The van der Waals surface area contributed by atoms with E-state index in [4.69, 9.17) is 5.11 Å². The van der Waals surface area contributed by atoms with Gasteiger partial charge in [-0.1, -0.05) is 24.3 Å². The van der Waals surface area contributed by atoms with Crippen LogP contribution < -0.4 is 5.32 Å². The first kappa shape index (κ1) is 18.8. The number of hydrogen-bond acceptors (Lipinski definition) is 3. The zero-order valence-electron chi connectivity index (χ0n) is 14.7. The van der Waals surface area contributed by atoms with Crippen molar-refractivity contribution in [1.29, 1.82) is 0 Å². The monoisotopic (exact) mass is 347 g/mol. The molecule has 0 aliphatic carbocycles. The molecule has 2 rings (SSSR count). The molecule has 1 aromatic carbocycles. The number of aliphatic carboxylic acids is 1. The second-order valence-electron chi connectivity index (χ2n) is 6.43. The molecular weight excluding hydrogens is 322 g/mol. The van der Waals surface area contributed by atoms with Gasteiger partial charge in [-0.25, -0.2) is 4.79 Å². The Kier molecular flexibility index (Phi) is 6.38. The highest BCUT2D eigenvalue weighted by Crippen LogP contribution is 2.18. The highest BCUT2D eigenvalue weighted by atomic mass is 16.4. The molecule has 0 atom stereocenters. The number of nitrogens with one attached hydrogen (secondary N) is 1. The molecule has 0 spiro atoms. The third-order valence-corrected chi connectivity index (χ3v) is 4.28. The number of carboxylic acids is 1. The summed E-state index contributed by atoms with van der Waals surface area (Å²) in [6, 6.07) is 7.66. The second-order valence-corrected chi connectivity index (χ2v) is 6.43. The summed E-state index contributed by atoms with van der Waals surface area (Å²) in [6.45, 7) is 4.61. The van der Waals surface area contributed by atoms with Crippen LogP contribution in [0.1, 0.15) is 31.4 Å². The molecule has 25 heavy (non-hydrogen) atoms. The molecule has 1 heterocycles. The van der Waals surface area contributed by atoms with Gasteiger partial charge in [0.1, 0.15) is 6.54 Å². The lowest BCUT2D eigenvalue weighted by molar-refractivity contribution is -0.145. The van der Waals surface area contributed by atoms with Gasteiger partial charge < -0.3 is 20.2 Å². The molecule has 0 aromatic heterocycles. The highest BCUT2D eigenvalue weighted by molar-refractivity contribution is 5.82. The molecule has 0 bridgehead atoms. The first-order valence-corrected chi connectivity index (χ1v) is 8.49. The van der Waals surface area contributed by atoms with Crippen LogP contribution in [0.2, 0.25) is 0 Å². The lowest BCUT2D eigenvalue weighted by atomic mass is 10.0. The topological polar surface area (TPSA) is 90.0 Å². The summed E-state index contributed by atoms with van der Waals surface area (Å²) in [6.07, 6.45) is 0.907. The Morgan fingerprint density at radius 3 is 2.56 bits per heavy atom. The maximum atomic E-state index is 12.3. The van der Waals surface area contributed by atoms with Crippen molar-refractivity contribution in [3.8, 4) is 0 Å². The minimum Gasteiger partial charge on any atom is -0.480 e. The lowest BCUT2D eigenvalue weighted by Gasteiger charge is -2.29. The molecule has 1 aliphatic rings. The van der Waals surface area contributed by atoms with Gasteiger partial charge in [0.05, 0.1) is 0 Å². The summed E-state index contributed by atoms with van der Waals surface area (Å²) < 4.78 is 0. The number of fused-ring (bicyclic) bond motifs is 1. The van der Waals surface area contributed by atoms with Crippen LogP contribution in [-0.4, -0.2) is 58.5 Å². The average Bonchev–Trinajstić information content (AvgIpc) is 2.58. The quantitative estimate of drug-likeness (QED) is 0.815. The van der Waals surface area contributed by atoms with Crippen LogP contribution in [0.4, 0.5) is 4.79 Å². The minimum atomic E-state index is -1.04. The Bertz CT molecular complexity index is 645. The standard InChI is InChI=1S/C18H25N3O4/c1-13(2)21(12-17(23)24)16(22)7-9-19-18(25)20-10-8-14-5-3-4-6-15(14)11-20/h3-6,13H,7-12H2,1-2H3,(H,19,25)(H,23,24). The van der Waals surface area contributed by atoms with Gasteiger partial charge in [-0.15, -0.1) is 0 Å². The molecule has 2 N–H and O–H groups in total. The predicted molar refractivity (Wildman–Crippen MR) is 93.1 cm³/mol. The first-order valence-electron chi connectivity index (χ1n) is 8.49. The van der Waals surface area contributed by atoms with E-state index in [-0.39, 0.29) is 37.5 Å². The van der Waals surface area contributed by atoms with Crippen molar-refractivity contribution in [3.63, 3.8) is 0 Å². The van der Waals surface area contributed by atoms with Crippen molar-refractivity contribution in [3.05, 3.63) is 35.4 Å². The fourth-order valence-electron chi connectivity index (χ4n) is 2.91. The van der Waals surface area contributed by atoms with Crippen LogP contribution in [0, 0.1) is 0 Å². The molecule has 0 saturated heterocycles. The van der Waals surface area contributed by atoms with Crippen molar-refractivity contribution >= 4 is 17.9 Å². The zero-order chi connectivity index (χ0) is 18.4. The number of rotatable bonds is 6. The molecule has 136 valence electrons. The summed E-state index contributed by atoms with van der Waals surface area (Å²) in [4.78, 5) is 38.3. The van der Waals surface area contributed by atoms with Crippen LogP contribution in [0.25, 0.3) is 0 Å². The summed E-state index contributed by atoms with van der Waals surface area (Å²) in [5.74, 6) is -1.32. The van der Waals surface area contributed by atoms with Gasteiger partial charge >= 0.3 is 12.0 Å². The molecule has 1 aliphatic heterocycles. The van der Waals surface area contributed by atoms with E-state index in [1.165, 1.54) is 10.5 Å². The third-order valence-electron chi connectivity index (χ3n) is 4.28. The summed E-state index contributed by atoms with van der Waals surface area (Å²) in [7, 11) is 0. The van der Waals surface area contributed by atoms with Crippen LogP contribution in [0.5, 0.6) is 0 Å². The fraction of sp³-hybridized carbons (Fsp3) is 0.500. The number of carboxylic acid groups (broad SMARTS) is 1. The number of urea groups is 1. The normalized spacial score (nSPS) is 13.3. The molecule has 7 heteroatoms. The summed E-state index contributed by atoms with van der Waals surface area (Å²) in [5, 5.41) is 11.6. The molecule has 0 saturated carbocycles. The van der Waals surface area contributed by atoms with Crippen LogP contribution in [0.3, 0.4) is 0 Å². The number of benzene rings is 1. The fourth-order valence-corrected chi connectivity index (χ4v) is 2.91. The summed E-state index contributed by atoms with van der Waals surface area (Å²) >= 11 is 0. The van der Waals surface area contributed by atoms with Crippen molar-refractivity contribution in [2.24, 2.45) is 0 Å². The van der Waals surface area contributed by atoms with Gasteiger partial charge in [-0.2, -0.15) is 0 Å². The molecule has 0 unspecified atom stereocenters. The van der Waals surface area contributed by atoms with E-state index in [2.05, 4.69) is 11.4 Å². The predicted octanol–water partition coefficient (Wildman–Crippen LogP) is 1.47. The van der Waals surface area contributed by atoms with Gasteiger partial charge in [0.2, 0.25) is 5.91 Å². The van der Waals surface area contributed by atoms with Crippen LogP contribution in [0.15, 0.2) is 24.3 Å². The number of nitrogens with zero attached hydrogens (tertiary/aromatic N) is 2. The minimum absolute atomic E-state index is 0.0849. The largest absolute Gasteiger partial charge is 0.480 e. The molecule has 0 fully saturated rings. The van der Waals surface area contributed by atoms with E-state index in [1.54, 1.807) is 18.7 Å². The lowest BCUT2D eigenvalue weighted by Crippen LogP contribution is -2.45. The van der Waals surface area contributed by atoms with E-state index in [9.17, 15) is 14.4 Å². The SMILES string of the molecule is CC(C)N(CC(=O)O)C(=O)CCNC(=O)N1CCc2ccccc2C1. The number of carbonyl (C=O) groups excluding carboxylic acids is 2.